The maximum atomic E-state index is 11.5. The van der Waals surface area contributed by atoms with Crippen molar-refractivity contribution in [1.29, 1.82) is 0 Å². The molecule has 0 amide bonds. The summed E-state index contributed by atoms with van der Waals surface area (Å²) >= 11 is 1.09. The Morgan fingerprint density at radius 3 is 3.05 bits per heavy atom. The molecule has 0 saturated heterocycles. The zero-order valence-electron chi connectivity index (χ0n) is 11.1. The van der Waals surface area contributed by atoms with E-state index in [4.69, 9.17) is 13.7 Å². The van der Waals surface area contributed by atoms with Gasteiger partial charge in [0.25, 0.3) is 10.9 Å². The summed E-state index contributed by atoms with van der Waals surface area (Å²) in [5, 5.41) is 12.6. The van der Waals surface area contributed by atoms with Crippen molar-refractivity contribution in [3.05, 3.63) is 17.9 Å². The van der Waals surface area contributed by atoms with Crippen molar-refractivity contribution in [2.45, 2.75) is 24.1 Å². The van der Waals surface area contributed by atoms with Gasteiger partial charge in [0.2, 0.25) is 0 Å². The molecule has 3 rings (SSSR count). The molecule has 0 bridgehead atoms. The van der Waals surface area contributed by atoms with Crippen LogP contribution in [0.15, 0.2) is 25.5 Å². The van der Waals surface area contributed by atoms with Crippen LogP contribution in [-0.2, 0) is 4.74 Å². The van der Waals surface area contributed by atoms with Crippen LogP contribution in [0.4, 0.5) is 0 Å². The second kappa shape index (κ2) is 5.48. The van der Waals surface area contributed by atoms with Crippen molar-refractivity contribution in [2.75, 3.05) is 6.61 Å². The van der Waals surface area contributed by atoms with Crippen LogP contribution in [-0.4, -0.2) is 37.9 Å². The Morgan fingerprint density at radius 2 is 2.24 bits per heavy atom. The van der Waals surface area contributed by atoms with Gasteiger partial charge >= 0.3 is 11.9 Å². The highest BCUT2D eigenvalue weighted by Gasteiger charge is 2.19. The van der Waals surface area contributed by atoms with Gasteiger partial charge in [-0.1, -0.05) is 10.3 Å². The number of aryl methyl sites for hydroxylation is 1. The number of esters is 1. The van der Waals surface area contributed by atoms with Crippen LogP contribution in [0.5, 0.6) is 0 Å². The maximum absolute atomic E-state index is 11.5. The molecule has 3 aromatic rings. The fraction of sp³-hybridized carbons (Fsp3) is 0.273. The van der Waals surface area contributed by atoms with Gasteiger partial charge in [0.1, 0.15) is 11.4 Å². The third-order valence-electron chi connectivity index (χ3n) is 2.45. The maximum Gasteiger partial charge on any atom is 0.396 e. The normalized spacial score (nSPS) is 11.0. The van der Waals surface area contributed by atoms with E-state index in [1.807, 2.05) is 0 Å². The van der Waals surface area contributed by atoms with E-state index in [0.717, 1.165) is 11.8 Å². The van der Waals surface area contributed by atoms with Crippen LogP contribution in [0, 0.1) is 6.92 Å². The van der Waals surface area contributed by atoms with Crippen molar-refractivity contribution in [3.8, 4) is 0 Å². The van der Waals surface area contributed by atoms with Gasteiger partial charge < -0.3 is 13.7 Å². The summed E-state index contributed by atoms with van der Waals surface area (Å²) < 4.78 is 15.0. The molecule has 0 unspecified atom stereocenters. The van der Waals surface area contributed by atoms with Crippen LogP contribution >= 0.6 is 11.8 Å². The van der Waals surface area contributed by atoms with Crippen molar-refractivity contribution >= 4 is 28.8 Å². The summed E-state index contributed by atoms with van der Waals surface area (Å²) in [6.07, 6.45) is 1.35. The summed E-state index contributed by atoms with van der Waals surface area (Å²) in [4.78, 5) is 19.6. The molecular weight excluding hydrogens is 298 g/mol. The second-order valence-corrected chi connectivity index (χ2v) is 4.76. The number of fused-ring (bicyclic) bond motifs is 1. The fourth-order valence-electron chi connectivity index (χ4n) is 1.58. The minimum atomic E-state index is -0.661. The van der Waals surface area contributed by atoms with Gasteiger partial charge in [-0.2, -0.15) is 4.98 Å². The molecule has 0 fully saturated rings. The lowest BCUT2D eigenvalue weighted by atomic mass is 10.3. The molecule has 108 valence electrons. The highest BCUT2D eigenvalue weighted by Crippen LogP contribution is 2.31. The highest BCUT2D eigenvalue weighted by molar-refractivity contribution is 7.99. The third kappa shape index (κ3) is 2.57. The van der Waals surface area contributed by atoms with Crippen molar-refractivity contribution in [2.24, 2.45) is 0 Å². The van der Waals surface area contributed by atoms with E-state index < -0.39 is 5.97 Å². The summed E-state index contributed by atoms with van der Waals surface area (Å²) in [5.74, 6) is -0.863. The molecule has 21 heavy (non-hydrogen) atoms. The average molecular weight is 307 g/mol. The molecule has 0 radical (unpaired) electrons. The van der Waals surface area contributed by atoms with E-state index in [-0.39, 0.29) is 17.7 Å². The molecule has 3 aromatic heterocycles. The van der Waals surface area contributed by atoms with Gasteiger partial charge in [-0.3, -0.25) is 0 Å². The Balaban J connectivity index is 1.89. The van der Waals surface area contributed by atoms with Crippen molar-refractivity contribution in [3.63, 3.8) is 0 Å². The van der Waals surface area contributed by atoms with Crippen LogP contribution < -0.4 is 0 Å². The van der Waals surface area contributed by atoms with Gasteiger partial charge in [-0.15, -0.1) is 5.10 Å². The minimum absolute atomic E-state index is 0.165. The minimum Gasteiger partial charge on any atom is -0.459 e. The van der Waals surface area contributed by atoms with Crippen molar-refractivity contribution in [1.82, 2.24) is 25.3 Å². The Kier molecular flexibility index (Phi) is 3.52. The average Bonchev–Trinajstić information content (AvgIpc) is 3.07. The highest BCUT2D eigenvalue weighted by atomic mass is 32.2. The molecule has 0 spiro atoms. The lowest BCUT2D eigenvalue weighted by Gasteiger charge is -1.97. The monoisotopic (exact) mass is 307 g/mol. The zero-order chi connectivity index (χ0) is 14.8. The molecule has 0 aliphatic carbocycles. The first-order chi connectivity index (χ1) is 10.2. The number of ether oxygens (including phenoxy) is 1. The zero-order valence-corrected chi connectivity index (χ0v) is 11.9. The quantitative estimate of drug-likeness (QED) is 0.519. The lowest BCUT2D eigenvalue weighted by molar-refractivity contribution is 0.0475. The summed E-state index contributed by atoms with van der Waals surface area (Å²) in [6, 6.07) is 0. The van der Waals surface area contributed by atoms with E-state index in [2.05, 4.69) is 25.3 Å². The third-order valence-corrected chi connectivity index (χ3v) is 3.29. The Bertz CT molecular complexity index is 799. The number of hydrogen-bond acceptors (Lipinski definition) is 10. The SMILES string of the molecule is CCOC(=O)c1nnc(Sc2ncnc3onc(C)c23)o1. The standard InChI is InChI=1S/C11H9N5O4S/c1-3-18-10(17)8-14-15-11(19-8)21-9-6-5(2)16-20-7(6)12-4-13-9/h4H,3H2,1-2H3. The fourth-order valence-corrected chi connectivity index (χ4v) is 2.38. The Hall–Kier alpha value is -2.49. The van der Waals surface area contributed by atoms with Gasteiger partial charge in [0.15, 0.2) is 0 Å². The Labute approximate surface area is 122 Å². The smallest absolute Gasteiger partial charge is 0.396 e. The van der Waals surface area contributed by atoms with Crippen LogP contribution in [0.1, 0.15) is 23.3 Å². The number of carbonyl (C=O) groups excluding carboxylic acids is 1. The van der Waals surface area contributed by atoms with E-state index in [0.29, 0.717) is 21.8 Å². The van der Waals surface area contributed by atoms with Crippen LogP contribution in [0.3, 0.4) is 0 Å². The molecule has 0 aromatic carbocycles. The molecule has 10 heteroatoms. The van der Waals surface area contributed by atoms with Crippen LogP contribution in [0.2, 0.25) is 0 Å². The van der Waals surface area contributed by atoms with Gasteiger partial charge in [-0.25, -0.2) is 9.78 Å². The molecule has 0 saturated carbocycles. The number of aromatic nitrogens is 5. The largest absolute Gasteiger partial charge is 0.459 e. The number of carbonyl (C=O) groups is 1. The van der Waals surface area contributed by atoms with Gasteiger partial charge in [0, 0.05) is 0 Å². The number of rotatable bonds is 4. The molecule has 0 atom stereocenters. The second-order valence-electron chi connectivity index (χ2n) is 3.82. The predicted octanol–water partition coefficient (Wildman–Crippen LogP) is 1.64. The molecular formula is C11H9N5O4S. The van der Waals surface area contributed by atoms with E-state index in [1.54, 1.807) is 13.8 Å². The van der Waals surface area contributed by atoms with Crippen molar-refractivity contribution < 1.29 is 18.5 Å². The van der Waals surface area contributed by atoms with E-state index >= 15 is 0 Å². The van der Waals surface area contributed by atoms with Gasteiger partial charge in [0.05, 0.1) is 17.7 Å². The summed E-state index contributed by atoms with van der Waals surface area (Å²) in [6.45, 7) is 3.70. The lowest BCUT2D eigenvalue weighted by Crippen LogP contribution is -2.04. The molecule has 3 heterocycles. The molecule has 0 N–H and O–H groups in total. The predicted molar refractivity (Wildman–Crippen MR) is 68.7 cm³/mol. The summed E-state index contributed by atoms with van der Waals surface area (Å²) in [7, 11) is 0. The molecule has 0 aliphatic rings. The first-order valence-electron chi connectivity index (χ1n) is 5.94. The summed E-state index contributed by atoms with van der Waals surface area (Å²) in [5.41, 5.74) is 1.02. The van der Waals surface area contributed by atoms with E-state index in [9.17, 15) is 4.79 Å². The first-order valence-corrected chi connectivity index (χ1v) is 6.76. The van der Waals surface area contributed by atoms with Crippen LogP contribution in [0.25, 0.3) is 11.1 Å². The topological polar surface area (TPSA) is 117 Å². The molecule has 0 aliphatic heterocycles. The van der Waals surface area contributed by atoms with E-state index in [1.165, 1.54) is 6.33 Å². The Morgan fingerprint density at radius 1 is 1.38 bits per heavy atom. The molecule has 9 nitrogen and oxygen atoms in total. The number of hydrogen-bond donors (Lipinski definition) is 0. The number of nitrogens with zero attached hydrogens (tertiary/aromatic N) is 5. The van der Waals surface area contributed by atoms with Gasteiger partial charge in [-0.05, 0) is 25.6 Å². The first kappa shape index (κ1) is 13.5.